The summed E-state index contributed by atoms with van der Waals surface area (Å²) in [5, 5.41) is 8.15. The summed E-state index contributed by atoms with van der Waals surface area (Å²) in [6, 6.07) is 0.568. The van der Waals surface area contributed by atoms with Crippen molar-refractivity contribution in [2.24, 2.45) is 11.3 Å². The minimum Gasteiger partial charge on any atom is -0.309 e. The van der Waals surface area contributed by atoms with Gasteiger partial charge in [-0.15, -0.1) is 0 Å². The molecular weight excluding hydrogens is 222 g/mol. The number of rotatable bonds is 3. The average Bonchev–Trinajstić information content (AvgIpc) is 2.76. The fourth-order valence-corrected chi connectivity index (χ4v) is 3.69. The molecule has 2 aliphatic rings. The van der Waals surface area contributed by atoms with Crippen LogP contribution in [0, 0.1) is 11.3 Å². The van der Waals surface area contributed by atoms with Gasteiger partial charge >= 0.3 is 0 Å². The van der Waals surface area contributed by atoms with Crippen molar-refractivity contribution in [3.05, 3.63) is 18.0 Å². The van der Waals surface area contributed by atoms with Crippen LogP contribution in [0.5, 0.6) is 0 Å². The van der Waals surface area contributed by atoms with Crippen LogP contribution in [0.3, 0.4) is 0 Å². The van der Waals surface area contributed by atoms with Crippen molar-refractivity contribution >= 4 is 0 Å². The molecule has 0 radical (unpaired) electrons. The van der Waals surface area contributed by atoms with E-state index in [2.05, 4.69) is 41.3 Å². The van der Waals surface area contributed by atoms with Gasteiger partial charge in [-0.25, -0.2) is 0 Å². The van der Waals surface area contributed by atoms with Crippen LogP contribution >= 0.6 is 0 Å². The minimum atomic E-state index is 0.559. The Bertz CT molecular complexity index is 402. The number of hydrogen-bond donors (Lipinski definition) is 1. The molecule has 1 aromatic heterocycles. The molecule has 0 unspecified atom stereocenters. The summed E-state index contributed by atoms with van der Waals surface area (Å²) < 4.78 is 2.11. The topological polar surface area (TPSA) is 29.9 Å². The lowest BCUT2D eigenvalue weighted by molar-refractivity contribution is 0.0360. The van der Waals surface area contributed by atoms with E-state index in [0.29, 0.717) is 17.4 Å². The van der Waals surface area contributed by atoms with Gasteiger partial charge in [0.1, 0.15) is 0 Å². The predicted octanol–water partition coefficient (Wildman–Crippen LogP) is 3.13. The van der Waals surface area contributed by atoms with Crippen LogP contribution in [0.2, 0.25) is 0 Å². The van der Waals surface area contributed by atoms with Gasteiger partial charge in [0.05, 0.1) is 6.20 Å². The molecule has 3 nitrogen and oxygen atoms in total. The Kier molecular flexibility index (Phi) is 3.18. The van der Waals surface area contributed by atoms with Gasteiger partial charge in [-0.3, -0.25) is 4.68 Å². The van der Waals surface area contributed by atoms with Gasteiger partial charge in [-0.1, -0.05) is 33.1 Å². The second-order valence-electron chi connectivity index (χ2n) is 6.63. The first-order valence-corrected chi connectivity index (χ1v) is 7.45. The molecule has 100 valence electrons. The maximum absolute atomic E-state index is 4.51. The van der Waals surface area contributed by atoms with Gasteiger partial charge in [-0.05, 0) is 18.8 Å². The minimum absolute atomic E-state index is 0.559. The molecule has 1 saturated heterocycles. The third-order valence-corrected chi connectivity index (χ3v) is 4.66. The maximum Gasteiger partial charge on any atom is 0.0537 e. The highest BCUT2D eigenvalue weighted by Crippen LogP contribution is 2.50. The summed E-state index contributed by atoms with van der Waals surface area (Å²) in [6.45, 7) is 6.73. The van der Waals surface area contributed by atoms with Crippen molar-refractivity contribution in [2.75, 3.05) is 6.54 Å². The average molecular weight is 247 g/mol. The summed E-state index contributed by atoms with van der Waals surface area (Å²) in [5.74, 6) is 0.663. The molecule has 1 aromatic rings. The van der Waals surface area contributed by atoms with Crippen molar-refractivity contribution in [1.82, 2.24) is 15.1 Å². The standard InChI is InChI=1S/C15H25N3/c1-12(2)9-18-10-13(8-17-18)14-15(11-16-14)6-4-3-5-7-15/h8,10,12,14,16H,3-7,9,11H2,1-2H3/t14-/m1/s1. The fourth-order valence-electron chi connectivity index (χ4n) is 3.69. The number of nitrogens with zero attached hydrogens (tertiary/aromatic N) is 2. The lowest BCUT2D eigenvalue weighted by Gasteiger charge is -2.52. The van der Waals surface area contributed by atoms with Crippen molar-refractivity contribution in [3.63, 3.8) is 0 Å². The number of nitrogens with one attached hydrogen (secondary N) is 1. The van der Waals surface area contributed by atoms with Crippen LogP contribution in [0.25, 0.3) is 0 Å². The Morgan fingerprint density at radius 1 is 1.39 bits per heavy atom. The third-order valence-electron chi connectivity index (χ3n) is 4.66. The molecule has 18 heavy (non-hydrogen) atoms. The van der Waals surface area contributed by atoms with E-state index in [-0.39, 0.29) is 0 Å². The summed E-state index contributed by atoms with van der Waals surface area (Å²) in [5.41, 5.74) is 1.97. The first-order chi connectivity index (χ1) is 8.70. The van der Waals surface area contributed by atoms with Crippen molar-refractivity contribution in [3.8, 4) is 0 Å². The van der Waals surface area contributed by atoms with Gasteiger partial charge in [-0.2, -0.15) is 5.10 Å². The molecule has 3 heteroatoms. The first kappa shape index (κ1) is 12.2. The van der Waals surface area contributed by atoms with Gasteiger partial charge in [0.2, 0.25) is 0 Å². The van der Waals surface area contributed by atoms with Crippen molar-refractivity contribution in [1.29, 1.82) is 0 Å². The molecule has 0 bridgehead atoms. The van der Waals surface area contributed by atoms with Gasteiger partial charge in [0.15, 0.2) is 0 Å². The summed E-state index contributed by atoms with van der Waals surface area (Å²) in [7, 11) is 0. The highest BCUT2D eigenvalue weighted by Gasteiger charge is 2.47. The zero-order valence-corrected chi connectivity index (χ0v) is 11.7. The van der Waals surface area contributed by atoms with Crippen LogP contribution in [0.15, 0.2) is 12.4 Å². The van der Waals surface area contributed by atoms with Gasteiger partial charge in [0.25, 0.3) is 0 Å². The Morgan fingerprint density at radius 2 is 2.17 bits per heavy atom. The molecule has 1 aliphatic carbocycles. The molecular formula is C15H25N3. The van der Waals surface area contributed by atoms with Crippen LogP contribution in [-0.4, -0.2) is 16.3 Å². The second-order valence-corrected chi connectivity index (χ2v) is 6.63. The van der Waals surface area contributed by atoms with Crippen molar-refractivity contribution in [2.45, 2.75) is 58.5 Å². The van der Waals surface area contributed by atoms with Crippen LogP contribution in [0.4, 0.5) is 0 Å². The molecule has 0 amide bonds. The smallest absolute Gasteiger partial charge is 0.0537 e. The summed E-state index contributed by atoms with van der Waals surface area (Å²) >= 11 is 0. The van der Waals surface area contributed by atoms with E-state index in [1.165, 1.54) is 44.2 Å². The SMILES string of the molecule is CC(C)Cn1cc([C@H]2NCC23CCCCC3)cn1. The lowest BCUT2D eigenvalue weighted by Crippen LogP contribution is -2.56. The van der Waals surface area contributed by atoms with E-state index < -0.39 is 0 Å². The lowest BCUT2D eigenvalue weighted by atomic mass is 9.63. The number of aromatic nitrogens is 2. The third kappa shape index (κ3) is 2.09. The van der Waals surface area contributed by atoms with E-state index in [1.807, 2.05) is 0 Å². The predicted molar refractivity (Wildman–Crippen MR) is 73.3 cm³/mol. The zero-order valence-electron chi connectivity index (χ0n) is 11.7. The molecule has 2 heterocycles. The molecule has 1 saturated carbocycles. The fraction of sp³-hybridized carbons (Fsp3) is 0.800. The van der Waals surface area contributed by atoms with Crippen LogP contribution < -0.4 is 5.32 Å². The van der Waals surface area contributed by atoms with E-state index in [9.17, 15) is 0 Å². The molecule has 1 N–H and O–H groups in total. The van der Waals surface area contributed by atoms with E-state index in [4.69, 9.17) is 0 Å². The first-order valence-electron chi connectivity index (χ1n) is 7.45. The van der Waals surface area contributed by atoms with Gasteiger partial charge < -0.3 is 5.32 Å². The molecule has 2 fully saturated rings. The quantitative estimate of drug-likeness (QED) is 0.889. The summed E-state index contributed by atoms with van der Waals surface area (Å²) in [4.78, 5) is 0. The molecule has 1 aliphatic heterocycles. The Morgan fingerprint density at radius 3 is 2.78 bits per heavy atom. The Balaban J connectivity index is 1.72. The Labute approximate surface area is 110 Å². The zero-order chi connectivity index (χ0) is 12.6. The number of hydrogen-bond acceptors (Lipinski definition) is 2. The summed E-state index contributed by atoms with van der Waals surface area (Å²) in [6.07, 6.45) is 11.4. The van der Waals surface area contributed by atoms with E-state index in [0.717, 1.165) is 6.54 Å². The highest BCUT2D eigenvalue weighted by atomic mass is 15.3. The van der Waals surface area contributed by atoms with E-state index in [1.54, 1.807) is 0 Å². The molecule has 0 aromatic carbocycles. The second kappa shape index (κ2) is 4.69. The van der Waals surface area contributed by atoms with Crippen LogP contribution in [0.1, 0.15) is 57.6 Å². The monoisotopic (exact) mass is 247 g/mol. The largest absolute Gasteiger partial charge is 0.309 e. The maximum atomic E-state index is 4.51. The van der Waals surface area contributed by atoms with Gasteiger partial charge in [0, 0.05) is 36.3 Å². The molecule has 1 spiro atoms. The van der Waals surface area contributed by atoms with Crippen molar-refractivity contribution < 1.29 is 0 Å². The van der Waals surface area contributed by atoms with Crippen LogP contribution in [-0.2, 0) is 6.54 Å². The normalized spacial score (nSPS) is 26.5. The molecule has 1 atom stereocenters. The highest BCUT2D eigenvalue weighted by molar-refractivity contribution is 5.20. The molecule has 3 rings (SSSR count). The Hall–Kier alpha value is -0.830. The van der Waals surface area contributed by atoms with E-state index >= 15 is 0 Å².